The molecule has 0 aliphatic rings. The van der Waals surface area contributed by atoms with Crippen molar-refractivity contribution in [3.63, 3.8) is 0 Å². The Hall–Kier alpha value is -0.130. The maximum Gasteiger partial charge on any atom is 0.187 e. The zero-order valence-electron chi connectivity index (χ0n) is 8.71. The summed E-state index contributed by atoms with van der Waals surface area (Å²) < 4.78 is 9.60. The maximum absolute atomic E-state index is 11.2. The Morgan fingerprint density at radius 1 is 1.21 bits per heavy atom. The molecule has 0 aliphatic heterocycles. The molecule has 2 unspecified atom stereocenters. The first-order valence-electron chi connectivity index (χ1n) is 4.03. The van der Waals surface area contributed by atoms with Crippen LogP contribution in [0.4, 0.5) is 0 Å². The average molecular weight is 296 g/mol. The number of rotatable bonds is 5. The molecule has 0 fully saturated rings. The minimum atomic E-state index is -0.536. The Labute approximate surface area is 99.8 Å². The molecule has 0 aromatic heterocycles. The van der Waals surface area contributed by atoms with Crippen molar-refractivity contribution >= 4 is 5.78 Å². The summed E-state index contributed by atoms with van der Waals surface area (Å²) in [6.07, 6.45) is 0.127. The van der Waals surface area contributed by atoms with E-state index < -0.39 is 12.2 Å². The molecule has 5 heteroatoms. The van der Waals surface area contributed by atoms with Crippen LogP contribution in [0.15, 0.2) is 11.8 Å². The van der Waals surface area contributed by atoms with Crippen LogP contribution >= 0.6 is 0 Å². The van der Waals surface area contributed by atoms with Crippen LogP contribution in [0, 0.1) is 0 Å². The van der Waals surface area contributed by atoms with Gasteiger partial charge in [0.25, 0.3) is 0 Å². The third-order valence-corrected chi connectivity index (χ3v) is 1.81. The first kappa shape index (κ1) is 16.3. The molecule has 14 heavy (non-hydrogen) atoms. The number of aliphatic hydroxyl groups is 1. The average Bonchev–Trinajstić information content (AvgIpc) is 2.14. The van der Waals surface area contributed by atoms with E-state index in [-0.39, 0.29) is 33.9 Å². The van der Waals surface area contributed by atoms with Gasteiger partial charge in [-0.15, -0.1) is 0 Å². The molecule has 0 bridgehead atoms. The summed E-state index contributed by atoms with van der Waals surface area (Å²) in [4.78, 5) is 11.2. The van der Waals surface area contributed by atoms with Gasteiger partial charge in [-0.3, -0.25) is 4.79 Å². The second-order valence-electron chi connectivity index (χ2n) is 2.73. The van der Waals surface area contributed by atoms with Crippen LogP contribution < -0.4 is 0 Å². The normalized spacial score (nSPS) is 15.6. The molecular weight excluding hydrogens is 280 g/mol. The number of carbonyl (C=O) groups excluding carboxylic acids is 1. The third kappa shape index (κ3) is 5.57. The molecule has 0 rings (SSSR count). The number of hydrogen-bond donors (Lipinski definition) is 1. The summed E-state index contributed by atoms with van der Waals surface area (Å²) in [7, 11) is 2.89. The topological polar surface area (TPSA) is 55.8 Å². The van der Waals surface area contributed by atoms with Crippen LogP contribution in [0.3, 0.4) is 0 Å². The fourth-order valence-corrected chi connectivity index (χ4v) is 0.617. The van der Waals surface area contributed by atoms with Crippen LogP contribution in [0.5, 0.6) is 0 Å². The van der Waals surface area contributed by atoms with Gasteiger partial charge in [-0.25, -0.2) is 0 Å². The Morgan fingerprint density at radius 2 is 1.64 bits per heavy atom. The van der Waals surface area contributed by atoms with Crippen molar-refractivity contribution in [2.75, 3.05) is 14.2 Å². The van der Waals surface area contributed by atoms with Gasteiger partial charge in [-0.1, -0.05) is 0 Å². The van der Waals surface area contributed by atoms with Gasteiger partial charge in [-0.05, 0) is 13.8 Å². The van der Waals surface area contributed by atoms with Crippen molar-refractivity contribution in [3.8, 4) is 0 Å². The van der Waals surface area contributed by atoms with Gasteiger partial charge in [-0.2, -0.15) is 0 Å². The van der Waals surface area contributed by atoms with E-state index in [1.807, 2.05) is 0 Å². The van der Waals surface area contributed by atoms with Gasteiger partial charge < -0.3 is 14.6 Å². The standard InChI is InChI=1S/C9H16O4.Ag/c1-6(12-3)8(10)5-9(11)7(2)13-4;/h5-7,10H,1-4H3;/b8-5-;. The third-order valence-electron chi connectivity index (χ3n) is 1.81. The van der Waals surface area contributed by atoms with Crippen LogP contribution in [0.2, 0.25) is 0 Å². The first-order valence-corrected chi connectivity index (χ1v) is 4.03. The molecule has 0 saturated heterocycles. The Balaban J connectivity index is 0. The van der Waals surface area contributed by atoms with E-state index in [4.69, 9.17) is 9.47 Å². The van der Waals surface area contributed by atoms with Gasteiger partial charge in [0, 0.05) is 42.7 Å². The van der Waals surface area contributed by atoms with E-state index in [0.29, 0.717) is 0 Å². The van der Waals surface area contributed by atoms with Crippen LogP contribution in [-0.4, -0.2) is 37.3 Å². The monoisotopic (exact) mass is 295 g/mol. The molecule has 1 N–H and O–H groups in total. The molecule has 0 aliphatic carbocycles. The number of methoxy groups -OCH3 is 2. The first-order chi connectivity index (χ1) is 6.02. The summed E-state index contributed by atoms with van der Waals surface area (Å²) >= 11 is 0. The zero-order valence-corrected chi connectivity index (χ0v) is 10.2. The predicted octanol–water partition coefficient (Wildman–Crippen LogP) is 1.06. The second-order valence-corrected chi connectivity index (χ2v) is 2.73. The molecule has 0 heterocycles. The number of ketones is 1. The Bertz CT molecular complexity index is 203. The Kier molecular flexibility index (Phi) is 9.55. The molecule has 2 atom stereocenters. The number of aliphatic hydroxyl groups excluding tert-OH is 1. The van der Waals surface area contributed by atoms with Gasteiger partial charge in [0.05, 0.1) is 0 Å². The second kappa shape index (κ2) is 8.20. The summed E-state index contributed by atoms with van der Waals surface area (Å²) in [6, 6.07) is 0. The smallest absolute Gasteiger partial charge is 0.187 e. The van der Waals surface area contributed by atoms with Gasteiger partial charge in [0.2, 0.25) is 0 Å². The van der Waals surface area contributed by atoms with Crippen molar-refractivity contribution in [2.45, 2.75) is 26.1 Å². The van der Waals surface area contributed by atoms with Crippen molar-refractivity contribution in [1.29, 1.82) is 0 Å². The van der Waals surface area contributed by atoms with Crippen LogP contribution in [0.1, 0.15) is 13.8 Å². The van der Waals surface area contributed by atoms with E-state index >= 15 is 0 Å². The molecule has 0 amide bonds. The summed E-state index contributed by atoms with van der Waals surface area (Å²) in [6.45, 7) is 3.26. The fourth-order valence-electron chi connectivity index (χ4n) is 0.617. The van der Waals surface area contributed by atoms with Crippen molar-refractivity contribution in [3.05, 3.63) is 11.8 Å². The van der Waals surface area contributed by atoms with Crippen molar-refractivity contribution in [2.24, 2.45) is 0 Å². The molecular formula is C9H16AgO4. The minimum absolute atomic E-state index is 0. The number of hydrogen-bond acceptors (Lipinski definition) is 4. The summed E-state index contributed by atoms with van der Waals surface area (Å²) in [5.74, 6) is -0.361. The van der Waals surface area contributed by atoms with E-state index in [1.54, 1.807) is 13.8 Å². The van der Waals surface area contributed by atoms with E-state index in [9.17, 15) is 9.90 Å². The van der Waals surface area contributed by atoms with E-state index in [2.05, 4.69) is 0 Å². The van der Waals surface area contributed by atoms with E-state index in [0.717, 1.165) is 6.08 Å². The molecule has 1 radical (unpaired) electrons. The summed E-state index contributed by atoms with van der Waals surface area (Å²) in [5.41, 5.74) is 0. The molecule has 87 valence electrons. The predicted molar refractivity (Wildman–Crippen MR) is 48.7 cm³/mol. The van der Waals surface area contributed by atoms with Crippen LogP contribution in [-0.2, 0) is 36.6 Å². The van der Waals surface area contributed by atoms with Gasteiger partial charge in [0.15, 0.2) is 5.78 Å². The van der Waals surface area contributed by atoms with Crippen molar-refractivity contribution in [1.82, 2.24) is 0 Å². The molecule has 0 saturated carbocycles. The molecule has 0 spiro atoms. The van der Waals surface area contributed by atoms with Gasteiger partial charge in [0.1, 0.15) is 18.0 Å². The van der Waals surface area contributed by atoms with Crippen LogP contribution in [0.25, 0.3) is 0 Å². The van der Waals surface area contributed by atoms with Crippen molar-refractivity contribution < 1.29 is 41.8 Å². The quantitative estimate of drug-likeness (QED) is 0.468. The number of carbonyl (C=O) groups is 1. The Morgan fingerprint density at radius 3 is 2.00 bits per heavy atom. The molecule has 4 nitrogen and oxygen atoms in total. The SMILES string of the molecule is COC(C)C(=O)/C=C(\O)C(C)OC.[Ag]. The molecule has 0 aromatic rings. The summed E-state index contributed by atoms with van der Waals surface area (Å²) in [5, 5.41) is 9.29. The maximum atomic E-state index is 11.2. The largest absolute Gasteiger partial charge is 0.509 e. The minimum Gasteiger partial charge on any atom is -0.509 e. The molecule has 0 aromatic carbocycles. The fraction of sp³-hybridized carbons (Fsp3) is 0.667. The van der Waals surface area contributed by atoms with Gasteiger partial charge >= 0.3 is 0 Å². The van der Waals surface area contributed by atoms with E-state index in [1.165, 1.54) is 14.2 Å². The number of ether oxygens (including phenoxy) is 2. The zero-order chi connectivity index (χ0) is 10.4.